The number of phenols is 1. The summed E-state index contributed by atoms with van der Waals surface area (Å²) in [5.74, 6) is 2.05. The zero-order valence-electron chi connectivity index (χ0n) is 45.2. The van der Waals surface area contributed by atoms with Crippen molar-refractivity contribution in [3.05, 3.63) is 101 Å². The minimum absolute atomic E-state index is 0.00574. The van der Waals surface area contributed by atoms with Gasteiger partial charge in [0.25, 0.3) is 0 Å². The van der Waals surface area contributed by atoms with Gasteiger partial charge in [0.05, 0.1) is 39.2 Å². The van der Waals surface area contributed by atoms with Crippen LogP contribution in [-0.4, -0.2) is 140 Å². The molecule has 6 atom stereocenters. The smallest absolute Gasteiger partial charge is 0.319 e. The van der Waals surface area contributed by atoms with Crippen LogP contribution < -0.4 is 25.2 Å². The number of amides is 2. The molecule has 17 nitrogen and oxygen atoms in total. The van der Waals surface area contributed by atoms with E-state index in [0.29, 0.717) is 59.6 Å². The molecule has 0 aliphatic carbocycles. The van der Waals surface area contributed by atoms with Gasteiger partial charge in [0.15, 0.2) is 17.4 Å². The van der Waals surface area contributed by atoms with Gasteiger partial charge in [-0.3, -0.25) is 19.5 Å². The molecule has 2 amide bonds. The molecular weight excluding hydrogens is 1040 g/mol. The van der Waals surface area contributed by atoms with Gasteiger partial charge in [-0.25, -0.2) is 13.8 Å². The number of aryl methyl sites for hydroxylation is 1. The molecule has 5 aliphatic heterocycles. The predicted octanol–water partition coefficient (Wildman–Crippen LogP) is 7.98. The molecule has 4 aromatic heterocycles. The van der Waals surface area contributed by atoms with Crippen LogP contribution in [0, 0.1) is 48.7 Å². The van der Waals surface area contributed by atoms with E-state index in [1.165, 1.54) is 35.4 Å². The first-order valence-electron chi connectivity index (χ1n) is 27.8. The van der Waals surface area contributed by atoms with Crippen LogP contribution in [0.15, 0.2) is 70.8 Å². The number of hydrogen-bond acceptors (Lipinski definition) is 16. The molecule has 3 aromatic carbocycles. The molecule has 5 aliphatic rings. The first-order valence-corrected chi connectivity index (χ1v) is 28.7. The molecule has 0 radical (unpaired) electrons. The Kier molecular flexibility index (Phi) is 14.6. The number of piperidine rings is 1. The van der Waals surface area contributed by atoms with Crippen LogP contribution in [0.3, 0.4) is 0 Å². The number of terminal acetylenes is 1. The van der Waals surface area contributed by atoms with Gasteiger partial charge in [-0.15, -0.1) is 17.8 Å². The summed E-state index contributed by atoms with van der Waals surface area (Å²) in [7, 11) is 0. The van der Waals surface area contributed by atoms with Gasteiger partial charge < -0.3 is 44.8 Å². The van der Waals surface area contributed by atoms with Crippen molar-refractivity contribution in [2.45, 2.75) is 96.0 Å². The van der Waals surface area contributed by atoms with E-state index in [-0.39, 0.29) is 94.9 Å². The maximum absolute atomic E-state index is 17.1. The van der Waals surface area contributed by atoms with E-state index in [0.717, 1.165) is 73.6 Å². The largest absolute Gasteiger partial charge is 0.508 e. The number of nitrogens with one attached hydrogen (secondary N) is 2. The number of likely N-dealkylation sites (tertiary alicyclic amines) is 2. The summed E-state index contributed by atoms with van der Waals surface area (Å²) in [5, 5.41) is 33.8. The molecule has 416 valence electrons. The third kappa shape index (κ3) is 10.3. The Hall–Kier alpha value is -7.31. The molecule has 5 fully saturated rings. The summed E-state index contributed by atoms with van der Waals surface area (Å²) >= 11 is 1.59. The quantitative estimate of drug-likeness (QED) is 0.0721. The molecule has 80 heavy (non-hydrogen) atoms. The number of β-amino-alcohol motifs (C(OH)–C–C–N with tert-alkyl or cyclic N) is 1. The van der Waals surface area contributed by atoms with E-state index in [2.05, 4.69) is 51.4 Å². The van der Waals surface area contributed by atoms with Crippen molar-refractivity contribution >= 4 is 56.5 Å². The van der Waals surface area contributed by atoms with E-state index >= 15 is 8.78 Å². The second kappa shape index (κ2) is 22.0. The van der Waals surface area contributed by atoms with Crippen molar-refractivity contribution in [2.24, 2.45) is 17.8 Å². The summed E-state index contributed by atoms with van der Waals surface area (Å²) in [4.78, 5) is 56.0. The summed E-state index contributed by atoms with van der Waals surface area (Å²) in [5.41, 5.74) is 4.76. The fourth-order valence-corrected chi connectivity index (χ4v) is 13.7. The standard InChI is InChI=1S/C60H65F2N11O6S/c1-6-44-47(61)14-11-38-21-42(74)22-45(52(38)44)54-53(62)55-46(25-63-54)57(72-28-40-12-13-41(29-72)66-40)68-60(67-55)78-20-19-70-17-15-36(16-18-70)39-26-71(27-39)50-24-49(79-69-50)51(32(2)3)59(77)73-30-43(75)23-48(73)58(76)65-33(4)35-7-9-37(10-8-35)56-34(5)64-31-80-56/h1,7-11,14,21-22,24-25,31-33,36,39-41,43,48,51,66,74-75H,12-13,15-20,23,26-30H2,2-5H3,(H,65,76)/t33-,40?,41?,43+,48-,51+/m0/s1. The average Bonchev–Trinajstić information content (AvgIpc) is 4.34. The Morgan fingerprint density at radius 3 is 2.42 bits per heavy atom. The number of aromatic nitrogens is 5. The second-order valence-electron chi connectivity index (χ2n) is 22.7. The number of benzene rings is 3. The fraction of sp³-hybridized carbons (Fsp3) is 0.450. The lowest BCUT2D eigenvalue weighted by molar-refractivity contribution is -0.141. The molecule has 12 rings (SSSR count). The summed E-state index contributed by atoms with van der Waals surface area (Å²) in [6.45, 7) is 13.5. The number of ether oxygens (including phenoxy) is 1. The van der Waals surface area contributed by atoms with E-state index < -0.39 is 29.7 Å². The number of thiazole rings is 1. The number of nitrogens with zero attached hydrogens (tertiary/aromatic N) is 9. The highest BCUT2D eigenvalue weighted by molar-refractivity contribution is 7.13. The lowest BCUT2D eigenvalue weighted by atomic mass is 9.79. The molecule has 2 unspecified atom stereocenters. The number of pyridine rings is 1. The summed E-state index contributed by atoms with van der Waals surface area (Å²) < 4.78 is 44.3. The number of fused-ring (bicyclic) bond motifs is 4. The third-order valence-electron chi connectivity index (χ3n) is 17.2. The average molecular weight is 1110 g/mol. The second-order valence-corrected chi connectivity index (χ2v) is 23.6. The van der Waals surface area contributed by atoms with Gasteiger partial charge in [-0.2, -0.15) is 9.97 Å². The van der Waals surface area contributed by atoms with Crippen LogP contribution in [-0.2, 0) is 9.59 Å². The van der Waals surface area contributed by atoms with Gasteiger partial charge in [0.1, 0.15) is 47.2 Å². The lowest BCUT2D eigenvalue weighted by Crippen LogP contribution is -2.52. The van der Waals surface area contributed by atoms with Gasteiger partial charge in [0, 0.05) is 81.0 Å². The Morgan fingerprint density at radius 1 is 0.950 bits per heavy atom. The van der Waals surface area contributed by atoms with E-state index in [4.69, 9.17) is 20.7 Å². The topological polar surface area (TPSA) is 198 Å². The number of carbonyl (C=O) groups is 2. The molecule has 5 saturated heterocycles. The van der Waals surface area contributed by atoms with Gasteiger partial charge in [0.2, 0.25) is 11.8 Å². The van der Waals surface area contributed by atoms with Crippen LogP contribution >= 0.6 is 11.3 Å². The summed E-state index contributed by atoms with van der Waals surface area (Å²) in [6.07, 6.45) is 10.7. The van der Waals surface area contributed by atoms with Crippen LogP contribution in [0.25, 0.3) is 43.4 Å². The zero-order valence-corrected chi connectivity index (χ0v) is 46.1. The number of piperazine rings is 1. The number of hydrogen-bond donors (Lipinski definition) is 4. The highest BCUT2D eigenvalue weighted by Gasteiger charge is 2.45. The number of carbonyl (C=O) groups excluding carboxylic acids is 2. The minimum Gasteiger partial charge on any atom is -0.508 e. The van der Waals surface area contributed by atoms with Crippen molar-refractivity contribution in [3.63, 3.8) is 0 Å². The number of phenolic OH excluding ortho intramolecular Hbond substituents is 1. The summed E-state index contributed by atoms with van der Waals surface area (Å²) in [6, 6.07) is 14.8. The maximum Gasteiger partial charge on any atom is 0.319 e. The van der Waals surface area contributed by atoms with Crippen molar-refractivity contribution in [1.29, 1.82) is 0 Å². The third-order valence-corrected chi connectivity index (χ3v) is 18.2. The number of rotatable bonds is 15. The highest BCUT2D eigenvalue weighted by atomic mass is 32.1. The number of aromatic hydroxyl groups is 1. The van der Waals surface area contributed by atoms with Crippen LogP contribution in [0.5, 0.6) is 11.8 Å². The van der Waals surface area contributed by atoms with Crippen molar-refractivity contribution in [3.8, 4) is 45.8 Å². The van der Waals surface area contributed by atoms with Crippen molar-refractivity contribution in [1.82, 2.24) is 45.5 Å². The maximum atomic E-state index is 17.1. The van der Waals surface area contributed by atoms with E-state index in [1.807, 2.05) is 63.5 Å². The van der Waals surface area contributed by atoms with Crippen LogP contribution in [0.2, 0.25) is 0 Å². The molecule has 4 N–H and O–H groups in total. The Labute approximate surface area is 466 Å². The highest BCUT2D eigenvalue weighted by Crippen LogP contribution is 2.41. The van der Waals surface area contributed by atoms with Crippen molar-refractivity contribution in [2.75, 3.05) is 68.8 Å². The lowest BCUT2D eigenvalue weighted by Gasteiger charge is -2.46. The fourth-order valence-electron chi connectivity index (χ4n) is 12.8. The predicted molar refractivity (Wildman–Crippen MR) is 301 cm³/mol. The first kappa shape index (κ1) is 53.3. The van der Waals surface area contributed by atoms with Gasteiger partial charge in [-0.05, 0) is 105 Å². The molecular formula is C60H65F2N11O6S. The first-order chi connectivity index (χ1) is 38.7. The SMILES string of the molecule is C#Cc1c(F)ccc2cc(O)cc(-c3ncc4c(N5CC6CCC(C5)N6)nc(OCCN5CCC(C6CN(c7cc([C@H](C(=O)N8C[C@H](O)C[C@H]8C(=O)N[C@@H](C)c8ccc(-c9scnc9C)cc8)C(C)C)on7)C6)CC5)nc4c3F)c12. The van der Waals surface area contributed by atoms with Crippen LogP contribution in [0.1, 0.15) is 87.4 Å². The Morgan fingerprint density at radius 2 is 1.71 bits per heavy atom. The monoisotopic (exact) mass is 1110 g/mol. The molecule has 9 heterocycles. The molecule has 0 saturated carbocycles. The van der Waals surface area contributed by atoms with Gasteiger partial charge in [-0.1, -0.05) is 55.3 Å². The number of aliphatic hydroxyl groups excluding tert-OH is 1. The van der Waals surface area contributed by atoms with E-state index in [1.54, 1.807) is 11.3 Å². The molecule has 20 heteroatoms. The molecule has 2 bridgehead atoms. The minimum atomic E-state index is -0.833. The Bertz CT molecular complexity index is 3510. The zero-order chi connectivity index (χ0) is 55.5. The number of anilines is 2. The van der Waals surface area contributed by atoms with Crippen molar-refractivity contribution < 1.29 is 37.8 Å². The number of halogens is 2. The van der Waals surface area contributed by atoms with Crippen LogP contribution in [0.4, 0.5) is 20.4 Å². The molecule has 0 spiro atoms. The molecule has 7 aromatic rings. The number of aliphatic hydroxyl groups is 1. The normalized spacial score (nSPS) is 21.6. The van der Waals surface area contributed by atoms with Gasteiger partial charge >= 0.3 is 6.01 Å². The Balaban J connectivity index is 0.661. The van der Waals surface area contributed by atoms with E-state index in [9.17, 15) is 19.8 Å².